The van der Waals surface area contributed by atoms with Crippen molar-refractivity contribution in [2.24, 2.45) is 0 Å². The molecule has 1 aliphatic heterocycles. The summed E-state index contributed by atoms with van der Waals surface area (Å²) in [5.74, 6) is -1.06. The molecule has 6 heteroatoms. The van der Waals surface area contributed by atoms with E-state index in [0.717, 1.165) is 0 Å². The molecule has 1 aromatic carbocycles. The van der Waals surface area contributed by atoms with Gasteiger partial charge in [0.1, 0.15) is 0 Å². The first-order valence-electron chi connectivity index (χ1n) is 5.63. The molecule has 0 saturated heterocycles. The number of carbonyl (C=O) groups excluding carboxylic acids is 1. The largest absolute Gasteiger partial charge is 0.464 e. The average molecular weight is 270 g/mol. The fourth-order valence-electron chi connectivity index (χ4n) is 2.07. The molecule has 1 heterocycles. The maximum atomic E-state index is 11.9. The van der Waals surface area contributed by atoms with Crippen LogP contribution < -0.4 is 0 Å². The summed E-state index contributed by atoms with van der Waals surface area (Å²) >= 11 is 0. The summed E-state index contributed by atoms with van der Waals surface area (Å²) in [5.41, 5.74) is -1.76. The molecule has 1 unspecified atom stereocenters. The van der Waals surface area contributed by atoms with Crippen LogP contribution in [0.5, 0.6) is 0 Å². The van der Waals surface area contributed by atoms with E-state index >= 15 is 0 Å². The van der Waals surface area contributed by atoms with E-state index in [9.17, 15) is 18.3 Å². The van der Waals surface area contributed by atoms with Crippen molar-refractivity contribution < 1.29 is 23.1 Å². The number of fused-ring (bicyclic) bond motifs is 1. The topological polar surface area (TPSA) is 80.7 Å². The smallest absolute Gasteiger partial charge is 0.342 e. The number of hydrogen-bond donors (Lipinski definition) is 1. The highest BCUT2D eigenvalue weighted by molar-refractivity contribution is 7.91. The van der Waals surface area contributed by atoms with Crippen molar-refractivity contribution in [1.29, 1.82) is 0 Å². The van der Waals surface area contributed by atoms with Gasteiger partial charge in [-0.1, -0.05) is 18.2 Å². The number of esters is 1. The number of rotatable bonds is 2. The predicted octanol–water partition coefficient (Wildman–Crippen LogP) is 0.615. The zero-order valence-electron chi connectivity index (χ0n) is 9.92. The Bertz CT molecular complexity index is 578. The Balaban J connectivity index is 2.58. The molecule has 0 radical (unpaired) electrons. The summed E-state index contributed by atoms with van der Waals surface area (Å²) in [6, 6.07) is 5.99. The van der Waals surface area contributed by atoms with Crippen molar-refractivity contribution in [1.82, 2.24) is 0 Å². The predicted molar refractivity (Wildman–Crippen MR) is 63.6 cm³/mol. The number of carbonyl (C=O) groups is 1. The monoisotopic (exact) mass is 270 g/mol. The first-order chi connectivity index (χ1) is 8.42. The lowest BCUT2D eigenvalue weighted by atomic mass is 9.90. The third kappa shape index (κ3) is 1.91. The second-order valence-corrected chi connectivity index (χ2v) is 6.22. The molecule has 0 saturated carbocycles. The summed E-state index contributed by atoms with van der Waals surface area (Å²) in [6.07, 6.45) is -0.175. The van der Waals surface area contributed by atoms with E-state index in [1.165, 1.54) is 12.1 Å². The fourth-order valence-corrected chi connectivity index (χ4v) is 3.71. The highest BCUT2D eigenvalue weighted by Gasteiger charge is 2.47. The first kappa shape index (κ1) is 13.0. The minimum absolute atomic E-state index is 0.00630. The van der Waals surface area contributed by atoms with Gasteiger partial charge < -0.3 is 9.84 Å². The number of hydrogen-bond acceptors (Lipinski definition) is 5. The average Bonchev–Trinajstić information content (AvgIpc) is 2.35. The Kier molecular flexibility index (Phi) is 3.16. The van der Waals surface area contributed by atoms with Crippen molar-refractivity contribution in [2.75, 3.05) is 12.4 Å². The Labute approximate surface area is 105 Å². The van der Waals surface area contributed by atoms with E-state index in [-0.39, 0.29) is 29.2 Å². The van der Waals surface area contributed by atoms with Crippen LogP contribution in [0.1, 0.15) is 18.9 Å². The molecule has 0 bridgehead atoms. The first-order valence-corrected chi connectivity index (χ1v) is 7.29. The van der Waals surface area contributed by atoms with Crippen molar-refractivity contribution >= 4 is 15.8 Å². The Hall–Kier alpha value is -1.40. The molecule has 2 rings (SSSR count). The van der Waals surface area contributed by atoms with E-state index in [1.54, 1.807) is 19.1 Å². The molecule has 98 valence electrons. The van der Waals surface area contributed by atoms with Gasteiger partial charge in [-0.25, -0.2) is 13.2 Å². The third-order valence-corrected chi connectivity index (χ3v) is 4.78. The molecule has 0 aliphatic carbocycles. The molecule has 0 amide bonds. The molecule has 1 N–H and O–H groups in total. The van der Waals surface area contributed by atoms with Gasteiger partial charge in [0.15, 0.2) is 15.4 Å². The lowest BCUT2D eigenvalue weighted by Gasteiger charge is -2.31. The van der Waals surface area contributed by atoms with Crippen molar-refractivity contribution in [3.05, 3.63) is 29.8 Å². The molecule has 1 atom stereocenters. The summed E-state index contributed by atoms with van der Waals surface area (Å²) in [7, 11) is -3.43. The van der Waals surface area contributed by atoms with Crippen LogP contribution in [-0.2, 0) is 25.0 Å². The van der Waals surface area contributed by atoms with Gasteiger partial charge in [-0.15, -0.1) is 0 Å². The quantitative estimate of drug-likeness (QED) is 0.797. The van der Waals surface area contributed by atoms with E-state index < -0.39 is 21.4 Å². The molecule has 0 aromatic heterocycles. The number of sulfone groups is 1. The summed E-state index contributed by atoms with van der Waals surface area (Å²) < 4.78 is 28.6. The van der Waals surface area contributed by atoms with Crippen molar-refractivity contribution in [3.8, 4) is 0 Å². The molecule has 1 aliphatic rings. The van der Waals surface area contributed by atoms with Gasteiger partial charge in [0.25, 0.3) is 0 Å². The molecule has 18 heavy (non-hydrogen) atoms. The van der Waals surface area contributed by atoms with E-state index in [2.05, 4.69) is 0 Å². The van der Waals surface area contributed by atoms with E-state index in [1.807, 2.05) is 0 Å². The maximum absolute atomic E-state index is 11.9. The van der Waals surface area contributed by atoms with Crippen LogP contribution in [0.15, 0.2) is 29.2 Å². The molecule has 0 spiro atoms. The zero-order valence-corrected chi connectivity index (χ0v) is 10.7. The molecule has 0 fully saturated rings. The van der Waals surface area contributed by atoms with Crippen LogP contribution in [0.4, 0.5) is 0 Å². The van der Waals surface area contributed by atoms with Gasteiger partial charge in [0.05, 0.1) is 17.3 Å². The lowest BCUT2D eigenvalue weighted by Crippen LogP contribution is -2.43. The van der Waals surface area contributed by atoms with Crippen LogP contribution in [0, 0.1) is 0 Å². The minimum Gasteiger partial charge on any atom is -0.464 e. The van der Waals surface area contributed by atoms with Gasteiger partial charge in [0, 0.05) is 12.0 Å². The molecule has 5 nitrogen and oxygen atoms in total. The van der Waals surface area contributed by atoms with Gasteiger partial charge in [0.2, 0.25) is 0 Å². The van der Waals surface area contributed by atoms with Crippen LogP contribution in [0.25, 0.3) is 0 Å². The normalized spacial score (nSPS) is 25.2. The van der Waals surface area contributed by atoms with Crippen molar-refractivity contribution in [3.63, 3.8) is 0 Å². The SMILES string of the molecule is CCOC(=O)C1(O)CCS(=O)(=O)c2ccccc21. The Morgan fingerprint density at radius 2 is 2.11 bits per heavy atom. The summed E-state index contributed by atoms with van der Waals surface area (Å²) in [4.78, 5) is 11.8. The number of aliphatic hydroxyl groups is 1. The van der Waals surface area contributed by atoms with E-state index in [0.29, 0.717) is 0 Å². The van der Waals surface area contributed by atoms with Gasteiger partial charge in [-0.2, -0.15) is 0 Å². The third-order valence-electron chi connectivity index (χ3n) is 3.01. The summed E-state index contributed by atoms with van der Waals surface area (Å²) in [5, 5.41) is 10.4. The highest BCUT2D eigenvalue weighted by Crippen LogP contribution is 2.37. The molecule has 1 aromatic rings. The van der Waals surface area contributed by atoms with Gasteiger partial charge in [-0.3, -0.25) is 0 Å². The molecular formula is C12H14O5S. The standard InChI is InChI=1S/C12H14O5S/c1-2-17-11(13)12(14)7-8-18(15,16)10-6-4-3-5-9(10)12/h3-6,14H,2,7-8H2,1H3. The summed E-state index contributed by atoms with van der Waals surface area (Å²) in [6.45, 7) is 1.77. The number of ether oxygens (including phenoxy) is 1. The maximum Gasteiger partial charge on any atom is 0.342 e. The van der Waals surface area contributed by atoms with Crippen LogP contribution in [0.2, 0.25) is 0 Å². The minimum atomic E-state index is -3.43. The lowest BCUT2D eigenvalue weighted by molar-refractivity contribution is -0.167. The van der Waals surface area contributed by atoms with Crippen LogP contribution in [0.3, 0.4) is 0 Å². The second-order valence-electron chi connectivity index (χ2n) is 4.15. The van der Waals surface area contributed by atoms with E-state index in [4.69, 9.17) is 4.74 Å². The number of benzene rings is 1. The van der Waals surface area contributed by atoms with Crippen LogP contribution >= 0.6 is 0 Å². The van der Waals surface area contributed by atoms with Gasteiger partial charge in [-0.05, 0) is 13.0 Å². The Morgan fingerprint density at radius 1 is 1.44 bits per heavy atom. The zero-order chi connectivity index (χ0) is 13.4. The second kappa shape index (κ2) is 4.37. The highest BCUT2D eigenvalue weighted by atomic mass is 32.2. The van der Waals surface area contributed by atoms with Crippen LogP contribution in [-0.4, -0.2) is 31.9 Å². The van der Waals surface area contributed by atoms with Crippen molar-refractivity contribution in [2.45, 2.75) is 23.8 Å². The molecular weight excluding hydrogens is 256 g/mol. The van der Waals surface area contributed by atoms with Gasteiger partial charge >= 0.3 is 5.97 Å². The fraction of sp³-hybridized carbons (Fsp3) is 0.417. The Morgan fingerprint density at radius 3 is 2.78 bits per heavy atom.